The number of hydrogen-bond donors (Lipinski definition) is 1. The Morgan fingerprint density at radius 2 is 2.05 bits per heavy atom. The number of piperazine rings is 1. The van der Waals surface area contributed by atoms with E-state index in [-0.39, 0.29) is 6.10 Å². The number of aliphatic hydroxyl groups is 1. The lowest BCUT2D eigenvalue weighted by Gasteiger charge is -2.39. The zero-order chi connectivity index (χ0) is 14.0. The van der Waals surface area contributed by atoms with Gasteiger partial charge in [0.05, 0.1) is 6.10 Å². The van der Waals surface area contributed by atoms with Gasteiger partial charge in [0.25, 0.3) is 0 Å². The van der Waals surface area contributed by atoms with Crippen LogP contribution in [0.1, 0.15) is 29.7 Å². The van der Waals surface area contributed by atoms with Crippen molar-refractivity contribution in [3.8, 4) is 0 Å². The van der Waals surface area contributed by atoms with Gasteiger partial charge in [-0.25, -0.2) is 0 Å². The van der Waals surface area contributed by atoms with Crippen LogP contribution in [-0.4, -0.2) is 54.2 Å². The first-order valence-electron chi connectivity index (χ1n) is 7.15. The molecule has 0 aliphatic carbocycles. The molecule has 19 heavy (non-hydrogen) atoms. The third kappa shape index (κ3) is 3.56. The van der Waals surface area contributed by atoms with Crippen LogP contribution >= 0.6 is 0 Å². The highest BCUT2D eigenvalue weighted by Gasteiger charge is 2.24. The predicted octanol–water partition coefficient (Wildman–Crippen LogP) is 1.97. The average Bonchev–Trinajstić information content (AvgIpc) is 2.32. The fourth-order valence-electron chi connectivity index (χ4n) is 2.97. The van der Waals surface area contributed by atoms with Crippen molar-refractivity contribution in [2.24, 2.45) is 0 Å². The molecule has 1 heterocycles. The van der Waals surface area contributed by atoms with Gasteiger partial charge in [-0.1, -0.05) is 23.8 Å². The smallest absolute Gasteiger partial charge is 0.0919 e. The van der Waals surface area contributed by atoms with Crippen molar-refractivity contribution in [1.82, 2.24) is 9.80 Å². The van der Waals surface area contributed by atoms with Crippen molar-refractivity contribution in [2.75, 3.05) is 33.2 Å². The second-order valence-electron chi connectivity index (χ2n) is 5.98. The first kappa shape index (κ1) is 14.5. The summed E-state index contributed by atoms with van der Waals surface area (Å²) in [6.07, 6.45) is -0.383. The lowest BCUT2D eigenvalue weighted by atomic mass is 10.00. The molecule has 2 rings (SSSR count). The van der Waals surface area contributed by atoms with E-state index in [4.69, 9.17) is 0 Å². The molecule has 1 aromatic carbocycles. The maximum atomic E-state index is 10.5. The molecule has 1 aliphatic rings. The zero-order valence-electron chi connectivity index (χ0n) is 12.6. The highest BCUT2D eigenvalue weighted by atomic mass is 16.3. The van der Waals surface area contributed by atoms with Crippen LogP contribution in [0.2, 0.25) is 0 Å². The van der Waals surface area contributed by atoms with Crippen LogP contribution in [0.5, 0.6) is 0 Å². The fraction of sp³-hybridized carbons (Fsp3) is 0.625. The van der Waals surface area contributed by atoms with Gasteiger partial charge in [-0.2, -0.15) is 0 Å². The Morgan fingerprint density at radius 3 is 2.68 bits per heavy atom. The van der Waals surface area contributed by atoms with Crippen molar-refractivity contribution in [3.05, 3.63) is 34.9 Å². The first-order chi connectivity index (χ1) is 8.97. The molecule has 0 bridgehead atoms. The number of benzene rings is 1. The lowest BCUT2D eigenvalue weighted by molar-refractivity contribution is 0.0472. The van der Waals surface area contributed by atoms with Crippen LogP contribution in [0.3, 0.4) is 0 Å². The normalized spacial score (nSPS) is 23.5. The van der Waals surface area contributed by atoms with Crippen LogP contribution in [0.4, 0.5) is 0 Å². The summed E-state index contributed by atoms with van der Waals surface area (Å²) in [4.78, 5) is 4.74. The summed E-state index contributed by atoms with van der Waals surface area (Å²) in [5.74, 6) is 0. The lowest BCUT2D eigenvalue weighted by Crippen LogP contribution is -2.51. The van der Waals surface area contributed by atoms with Gasteiger partial charge in [0.2, 0.25) is 0 Å². The third-order valence-electron chi connectivity index (χ3n) is 4.16. The van der Waals surface area contributed by atoms with Crippen LogP contribution in [0, 0.1) is 13.8 Å². The first-order valence-corrected chi connectivity index (χ1v) is 7.15. The minimum Gasteiger partial charge on any atom is -0.387 e. The Balaban J connectivity index is 2.02. The topological polar surface area (TPSA) is 26.7 Å². The van der Waals surface area contributed by atoms with Gasteiger partial charge in [-0.05, 0) is 38.9 Å². The van der Waals surface area contributed by atoms with Crippen LogP contribution in [-0.2, 0) is 0 Å². The zero-order valence-corrected chi connectivity index (χ0v) is 12.6. The second kappa shape index (κ2) is 6.04. The molecule has 1 N–H and O–H groups in total. The molecule has 0 saturated carbocycles. The Kier molecular flexibility index (Phi) is 4.61. The van der Waals surface area contributed by atoms with Gasteiger partial charge in [0.15, 0.2) is 0 Å². The molecule has 0 spiro atoms. The number of β-amino-alcohol motifs (C(OH)–C–C–N with tert-alkyl or cyclic N) is 1. The highest BCUT2D eigenvalue weighted by molar-refractivity contribution is 5.32. The monoisotopic (exact) mass is 262 g/mol. The molecule has 0 amide bonds. The summed E-state index contributed by atoms with van der Waals surface area (Å²) >= 11 is 0. The number of rotatable bonds is 3. The predicted molar refractivity (Wildman–Crippen MR) is 79.4 cm³/mol. The van der Waals surface area contributed by atoms with Gasteiger partial charge < -0.3 is 10.0 Å². The van der Waals surface area contributed by atoms with Crippen molar-refractivity contribution < 1.29 is 5.11 Å². The number of likely N-dealkylation sites (N-methyl/N-ethyl adjacent to an activating group) is 1. The van der Waals surface area contributed by atoms with Crippen molar-refractivity contribution in [1.29, 1.82) is 0 Å². The number of aliphatic hydroxyl groups excluding tert-OH is 1. The van der Waals surface area contributed by atoms with E-state index in [1.54, 1.807) is 0 Å². The van der Waals surface area contributed by atoms with Crippen LogP contribution in [0.25, 0.3) is 0 Å². The largest absolute Gasteiger partial charge is 0.387 e. The van der Waals surface area contributed by atoms with Gasteiger partial charge >= 0.3 is 0 Å². The molecular formula is C16H26N2O. The Labute approximate surface area is 116 Å². The van der Waals surface area contributed by atoms with E-state index in [9.17, 15) is 5.11 Å². The maximum Gasteiger partial charge on any atom is 0.0919 e. The van der Waals surface area contributed by atoms with E-state index < -0.39 is 0 Å². The van der Waals surface area contributed by atoms with E-state index in [1.165, 1.54) is 11.1 Å². The summed E-state index contributed by atoms with van der Waals surface area (Å²) in [6.45, 7) is 10.4. The van der Waals surface area contributed by atoms with E-state index in [0.717, 1.165) is 31.7 Å². The van der Waals surface area contributed by atoms with Crippen LogP contribution < -0.4 is 0 Å². The third-order valence-corrected chi connectivity index (χ3v) is 4.16. The Bertz CT molecular complexity index is 433. The maximum absolute atomic E-state index is 10.5. The SMILES string of the molecule is Cc1ccc(C(O)CN2CCN(C)CC2C)c(C)c1. The standard InChI is InChI=1S/C16H26N2O/c1-12-5-6-15(13(2)9-12)16(19)11-18-8-7-17(4)10-14(18)3/h5-6,9,14,16,19H,7-8,10-11H2,1-4H3. The molecule has 2 unspecified atom stereocenters. The van der Waals surface area contributed by atoms with Crippen molar-refractivity contribution >= 4 is 0 Å². The molecule has 1 saturated heterocycles. The highest BCUT2D eigenvalue weighted by Crippen LogP contribution is 2.21. The van der Waals surface area contributed by atoms with Gasteiger partial charge in [-0.3, -0.25) is 4.90 Å². The summed E-state index contributed by atoms with van der Waals surface area (Å²) < 4.78 is 0. The minimum absolute atomic E-state index is 0.383. The van der Waals surface area contributed by atoms with E-state index >= 15 is 0 Å². The van der Waals surface area contributed by atoms with E-state index in [2.05, 4.69) is 55.8 Å². The fourth-order valence-corrected chi connectivity index (χ4v) is 2.97. The molecule has 1 fully saturated rings. The molecule has 1 aromatic rings. The van der Waals surface area contributed by atoms with E-state index in [0.29, 0.717) is 6.04 Å². The summed E-state index contributed by atoms with van der Waals surface area (Å²) in [5, 5.41) is 10.5. The molecule has 3 nitrogen and oxygen atoms in total. The second-order valence-corrected chi connectivity index (χ2v) is 5.98. The quantitative estimate of drug-likeness (QED) is 0.902. The van der Waals surface area contributed by atoms with Gasteiger partial charge in [0.1, 0.15) is 0 Å². The molecular weight excluding hydrogens is 236 g/mol. The van der Waals surface area contributed by atoms with Crippen molar-refractivity contribution in [2.45, 2.75) is 32.9 Å². The summed E-state index contributed by atoms with van der Waals surface area (Å²) in [5.41, 5.74) is 3.51. The van der Waals surface area contributed by atoms with Crippen molar-refractivity contribution in [3.63, 3.8) is 0 Å². The van der Waals surface area contributed by atoms with Crippen LogP contribution in [0.15, 0.2) is 18.2 Å². The summed E-state index contributed by atoms with van der Waals surface area (Å²) in [7, 11) is 2.16. The molecule has 1 aliphatic heterocycles. The average molecular weight is 262 g/mol. The molecule has 0 radical (unpaired) electrons. The minimum atomic E-state index is -0.383. The Hall–Kier alpha value is -0.900. The number of hydrogen-bond acceptors (Lipinski definition) is 3. The number of aryl methyl sites for hydroxylation is 2. The number of nitrogens with zero attached hydrogens (tertiary/aromatic N) is 2. The van der Waals surface area contributed by atoms with Gasteiger partial charge in [-0.15, -0.1) is 0 Å². The molecule has 3 heteroatoms. The molecule has 106 valence electrons. The Morgan fingerprint density at radius 1 is 1.32 bits per heavy atom. The van der Waals surface area contributed by atoms with Gasteiger partial charge in [0, 0.05) is 32.2 Å². The molecule has 2 atom stereocenters. The van der Waals surface area contributed by atoms with E-state index in [1.807, 2.05) is 0 Å². The summed E-state index contributed by atoms with van der Waals surface area (Å²) in [6, 6.07) is 6.81. The molecule has 0 aromatic heterocycles.